The topological polar surface area (TPSA) is 86.8 Å². The number of rotatable bonds is 12. The summed E-state index contributed by atoms with van der Waals surface area (Å²) < 4.78 is 29.2. The number of carbonyl (C=O) groups is 2. The van der Waals surface area contributed by atoms with Gasteiger partial charge in [0.2, 0.25) is 11.8 Å². The highest BCUT2D eigenvalue weighted by Gasteiger charge is 2.34. The fourth-order valence-electron chi connectivity index (χ4n) is 4.74. The number of aryl methyl sites for hydroxylation is 1. The Morgan fingerprint density at radius 3 is 2.05 bits per heavy atom. The molecule has 0 heterocycles. The molecule has 0 aromatic heterocycles. The molecule has 44 heavy (non-hydrogen) atoms. The van der Waals surface area contributed by atoms with Crippen molar-refractivity contribution in [1.82, 2.24) is 10.2 Å². The second-order valence-electron chi connectivity index (χ2n) is 10.8. The number of benzene rings is 4. The van der Waals surface area contributed by atoms with E-state index in [1.54, 1.807) is 42.5 Å². The van der Waals surface area contributed by atoms with Crippen molar-refractivity contribution in [2.75, 3.05) is 10.8 Å². The first-order valence-electron chi connectivity index (χ1n) is 14.2. The minimum Gasteiger partial charge on any atom is -0.352 e. The maximum atomic E-state index is 14.4. The van der Waals surface area contributed by atoms with Crippen molar-refractivity contribution in [1.29, 1.82) is 0 Å². The zero-order chi connectivity index (χ0) is 31.9. The summed E-state index contributed by atoms with van der Waals surface area (Å²) in [5.74, 6) is -0.899. The lowest BCUT2D eigenvalue weighted by Crippen LogP contribution is -2.54. The lowest BCUT2D eigenvalue weighted by atomic mass is 10.0. The molecule has 1 atom stereocenters. The van der Waals surface area contributed by atoms with Gasteiger partial charge in [-0.2, -0.15) is 0 Å². The van der Waals surface area contributed by atoms with E-state index in [9.17, 15) is 18.0 Å². The highest BCUT2D eigenvalue weighted by Crippen LogP contribution is 2.26. The standard InChI is InChI=1S/C34H35Cl2N3O4S/c1-24(2)37-34(41)32(21-26-8-5-4-6-9-26)38(22-27-10-7-11-29(36)20-27)33(40)23-39(30-16-12-25(3)13-17-30)44(42,43)31-18-14-28(35)15-19-31/h4-20,24,32H,21-23H2,1-3H3,(H,37,41)/t32-/m0/s1. The molecule has 0 saturated heterocycles. The Labute approximate surface area is 269 Å². The van der Waals surface area contributed by atoms with E-state index < -0.39 is 28.5 Å². The van der Waals surface area contributed by atoms with Gasteiger partial charge in [0, 0.05) is 29.1 Å². The Bertz CT molecular complexity index is 1680. The van der Waals surface area contributed by atoms with Crippen molar-refractivity contribution >= 4 is 50.7 Å². The smallest absolute Gasteiger partial charge is 0.264 e. The van der Waals surface area contributed by atoms with E-state index in [1.807, 2.05) is 57.2 Å². The average molecular weight is 653 g/mol. The molecule has 2 amide bonds. The summed E-state index contributed by atoms with van der Waals surface area (Å²) in [4.78, 5) is 29.6. The average Bonchev–Trinajstić information content (AvgIpc) is 2.98. The molecule has 0 aliphatic rings. The Balaban J connectivity index is 1.80. The van der Waals surface area contributed by atoms with Crippen LogP contribution in [0.15, 0.2) is 108 Å². The van der Waals surface area contributed by atoms with Gasteiger partial charge in [0.15, 0.2) is 0 Å². The molecular weight excluding hydrogens is 617 g/mol. The Morgan fingerprint density at radius 1 is 0.795 bits per heavy atom. The number of carbonyl (C=O) groups excluding carboxylic acids is 2. The highest BCUT2D eigenvalue weighted by atomic mass is 35.5. The second-order valence-corrected chi connectivity index (χ2v) is 13.6. The number of anilines is 1. The summed E-state index contributed by atoms with van der Waals surface area (Å²) in [5, 5.41) is 3.81. The molecule has 10 heteroatoms. The van der Waals surface area contributed by atoms with E-state index in [4.69, 9.17) is 23.2 Å². The molecule has 0 fully saturated rings. The number of amides is 2. The molecule has 0 unspecified atom stereocenters. The number of nitrogens with one attached hydrogen (secondary N) is 1. The van der Waals surface area contributed by atoms with Gasteiger partial charge >= 0.3 is 0 Å². The van der Waals surface area contributed by atoms with E-state index in [2.05, 4.69) is 5.32 Å². The predicted molar refractivity (Wildman–Crippen MR) is 176 cm³/mol. The van der Waals surface area contributed by atoms with Gasteiger partial charge in [0.05, 0.1) is 10.6 Å². The first-order valence-corrected chi connectivity index (χ1v) is 16.4. The molecule has 230 valence electrons. The van der Waals surface area contributed by atoms with E-state index >= 15 is 0 Å². The van der Waals surface area contributed by atoms with Gasteiger partial charge in [-0.3, -0.25) is 13.9 Å². The van der Waals surface area contributed by atoms with Crippen LogP contribution in [0.2, 0.25) is 10.0 Å². The molecule has 0 radical (unpaired) electrons. The summed E-state index contributed by atoms with van der Waals surface area (Å²) in [6.07, 6.45) is 0.222. The monoisotopic (exact) mass is 651 g/mol. The first kappa shape index (κ1) is 33.1. The third-order valence-corrected chi connectivity index (χ3v) is 9.22. The minimum absolute atomic E-state index is 0.0185. The van der Waals surface area contributed by atoms with Crippen LogP contribution in [0.4, 0.5) is 5.69 Å². The lowest BCUT2D eigenvalue weighted by Gasteiger charge is -2.34. The zero-order valence-electron chi connectivity index (χ0n) is 24.8. The second kappa shape index (κ2) is 14.8. The van der Waals surface area contributed by atoms with Crippen LogP contribution in [0.3, 0.4) is 0 Å². The Morgan fingerprint density at radius 2 is 1.43 bits per heavy atom. The van der Waals surface area contributed by atoms with E-state index in [-0.39, 0.29) is 29.8 Å². The van der Waals surface area contributed by atoms with Crippen molar-refractivity contribution in [3.8, 4) is 0 Å². The summed E-state index contributed by atoms with van der Waals surface area (Å²) >= 11 is 12.3. The van der Waals surface area contributed by atoms with Crippen LogP contribution in [0.25, 0.3) is 0 Å². The lowest BCUT2D eigenvalue weighted by molar-refractivity contribution is -0.140. The molecule has 4 aromatic rings. The first-order chi connectivity index (χ1) is 20.9. The van der Waals surface area contributed by atoms with Crippen LogP contribution in [0, 0.1) is 6.92 Å². The largest absolute Gasteiger partial charge is 0.352 e. The van der Waals surface area contributed by atoms with Crippen molar-refractivity contribution < 1.29 is 18.0 Å². The maximum Gasteiger partial charge on any atom is 0.264 e. The molecule has 1 N–H and O–H groups in total. The van der Waals surface area contributed by atoms with Crippen molar-refractivity contribution in [3.05, 3.63) is 130 Å². The normalized spacial score (nSPS) is 12.0. The summed E-state index contributed by atoms with van der Waals surface area (Å²) in [6.45, 7) is 5.07. The molecule has 0 aliphatic heterocycles. The fourth-order valence-corrected chi connectivity index (χ4v) is 6.49. The third-order valence-electron chi connectivity index (χ3n) is 6.95. The summed E-state index contributed by atoms with van der Waals surface area (Å²) in [7, 11) is -4.21. The molecule has 0 saturated carbocycles. The fraction of sp³-hybridized carbons (Fsp3) is 0.235. The molecule has 0 spiro atoms. The van der Waals surface area contributed by atoms with Crippen molar-refractivity contribution in [2.45, 2.75) is 50.7 Å². The molecular formula is C34H35Cl2N3O4S. The number of halogens is 2. The molecule has 0 aliphatic carbocycles. The molecule has 4 rings (SSSR count). The number of nitrogens with zero attached hydrogens (tertiary/aromatic N) is 2. The maximum absolute atomic E-state index is 14.4. The molecule has 7 nitrogen and oxygen atoms in total. The van der Waals surface area contributed by atoms with Gasteiger partial charge in [-0.25, -0.2) is 8.42 Å². The Hall–Kier alpha value is -3.85. The van der Waals surface area contributed by atoms with Crippen LogP contribution in [-0.4, -0.2) is 43.8 Å². The van der Waals surface area contributed by atoms with Gasteiger partial charge in [-0.1, -0.05) is 83.4 Å². The van der Waals surface area contributed by atoms with Gasteiger partial charge in [-0.15, -0.1) is 0 Å². The molecule has 0 bridgehead atoms. The zero-order valence-corrected chi connectivity index (χ0v) is 27.1. The molecule has 4 aromatic carbocycles. The van der Waals surface area contributed by atoms with Crippen LogP contribution >= 0.6 is 23.2 Å². The van der Waals surface area contributed by atoms with Gasteiger partial charge in [0.1, 0.15) is 12.6 Å². The van der Waals surface area contributed by atoms with Crippen molar-refractivity contribution in [3.63, 3.8) is 0 Å². The quantitative estimate of drug-likeness (QED) is 0.186. The van der Waals surface area contributed by atoms with Crippen molar-refractivity contribution in [2.24, 2.45) is 0 Å². The van der Waals surface area contributed by atoms with E-state index in [0.29, 0.717) is 21.3 Å². The number of hydrogen-bond acceptors (Lipinski definition) is 4. The Kier molecular flexibility index (Phi) is 11.1. The summed E-state index contributed by atoms with van der Waals surface area (Å²) in [6, 6.07) is 28.0. The van der Waals surface area contributed by atoms with Crippen LogP contribution in [-0.2, 0) is 32.6 Å². The van der Waals surface area contributed by atoms with Gasteiger partial charge in [0.25, 0.3) is 10.0 Å². The van der Waals surface area contributed by atoms with Gasteiger partial charge in [-0.05, 0) is 80.4 Å². The highest BCUT2D eigenvalue weighted by molar-refractivity contribution is 7.92. The van der Waals surface area contributed by atoms with E-state index in [1.165, 1.54) is 29.2 Å². The minimum atomic E-state index is -4.21. The number of sulfonamides is 1. The van der Waals surface area contributed by atoms with Crippen LogP contribution < -0.4 is 9.62 Å². The van der Waals surface area contributed by atoms with Gasteiger partial charge < -0.3 is 10.2 Å². The van der Waals surface area contributed by atoms with Crippen LogP contribution in [0.5, 0.6) is 0 Å². The predicted octanol–water partition coefficient (Wildman–Crippen LogP) is 6.66. The van der Waals surface area contributed by atoms with E-state index in [0.717, 1.165) is 15.4 Å². The third kappa shape index (κ3) is 8.62. The number of hydrogen-bond donors (Lipinski definition) is 1. The van der Waals surface area contributed by atoms with Crippen LogP contribution in [0.1, 0.15) is 30.5 Å². The SMILES string of the molecule is Cc1ccc(N(CC(=O)N(Cc2cccc(Cl)c2)[C@@H](Cc2ccccc2)C(=O)NC(C)C)S(=O)(=O)c2ccc(Cl)cc2)cc1. The summed E-state index contributed by atoms with van der Waals surface area (Å²) in [5.41, 5.74) is 2.79.